The molecule has 48 heavy (non-hydrogen) atoms. The second kappa shape index (κ2) is 40.7. The molecule has 13 heteroatoms. The van der Waals surface area contributed by atoms with Gasteiger partial charge in [-0.05, 0) is 33.2 Å². The van der Waals surface area contributed by atoms with Gasteiger partial charge in [-0.2, -0.15) is 0 Å². The third kappa shape index (κ3) is 36.4. The van der Waals surface area contributed by atoms with Gasteiger partial charge in [0.2, 0.25) is 17.7 Å². The summed E-state index contributed by atoms with van der Waals surface area (Å²) in [5, 5.41) is 15.1. The fourth-order valence-corrected chi connectivity index (χ4v) is 4.25. The summed E-state index contributed by atoms with van der Waals surface area (Å²) in [5.41, 5.74) is 10.2. The maximum Gasteiger partial charge on any atom is 0.234 e. The molecule has 0 saturated carbocycles. The molecule has 1 aliphatic heterocycles. The van der Waals surface area contributed by atoms with Crippen molar-refractivity contribution in [3.8, 4) is 0 Å². The minimum atomic E-state index is -0.603. The topological polar surface area (TPSA) is 203 Å². The number of aliphatic hydroxyl groups excluding tert-OH is 1. The van der Waals surface area contributed by atoms with E-state index in [9.17, 15) is 29.1 Å². The van der Waals surface area contributed by atoms with Gasteiger partial charge in [0.15, 0.2) is 6.29 Å². The Hall–Kier alpha value is -2.45. The van der Waals surface area contributed by atoms with Crippen LogP contribution in [0.2, 0.25) is 0 Å². The minimum Gasteiger partial charge on any atom is -0.390 e. The van der Waals surface area contributed by atoms with Crippen molar-refractivity contribution in [1.29, 1.82) is 0 Å². The van der Waals surface area contributed by atoms with Gasteiger partial charge < -0.3 is 46.3 Å². The van der Waals surface area contributed by atoms with Crippen molar-refractivity contribution in [2.45, 2.75) is 156 Å². The Bertz CT molecular complexity index is 760. The van der Waals surface area contributed by atoms with Crippen LogP contribution < -0.4 is 22.1 Å². The quantitative estimate of drug-likeness (QED) is 0.0778. The maximum absolute atomic E-state index is 11.7. The molecule has 0 radical (unpaired) electrons. The van der Waals surface area contributed by atoms with E-state index in [-0.39, 0.29) is 63.0 Å². The second-order valence-electron chi connectivity index (χ2n) is 10.9. The number of likely N-dealkylation sites (N-methyl/N-ethyl adjacent to an activating group) is 1. The second-order valence-corrected chi connectivity index (χ2v) is 10.9. The number of nitrogens with zero attached hydrogens (tertiary/aromatic N) is 1. The number of hydrogen-bond donors (Lipinski definition) is 5. The Balaban J connectivity index is -0.000000324. The van der Waals surface area contributed by atoms with E-state index in [1.807, 2.05) is 27.7 Å². The zero-order valence-corrected chi connectivity index (χ0v) is 31.6. The first-order valence-electron chi connectivity index (χ1n) is 18.1. The zero-order chi connectivity index (χ0) is 37.6. The Morgan fingerprint density at radius 1 is 0.917 bits per heavy atom. The van der Waals surface area contributed by atoms with Crippen molar-refractivity contribution in [2.24, 2.45) is 11.5 Å². The molecule has 0 aromatic heterocycles. The number of amides is 3. The molecule has 0 spiro atoms. The highest BCUT2D eigenvalue weighted by molar-refractivity contribution is 5.81. The van der Waals surface area contributed by atoms with E-state index in [0.717, 1.165) is 32.0 Å². The van der Waals surface area contributed by atoms with Crippen molar-refractivity contribution >= 4 is 30.3 Å². The summed E-state index contributed by atoms with van der Waals surface area (Å²) >= 11 is 0. The summed E-state index contributed by atoms with van der Waals surface area (Å²) in [6, 6.07) is -0.137. The number of hydrogen-bond acceptors (Lipinski definition) is 10. The maximum atomic E-state index is 11.7. The highest BCUT2D eigenvalue weighted by Gasteiger charge is 2.26. The molecule has 7 N–H and O–H groups in total. The average Bonchev–Trinajstić information content (AvgIpc) is 3.07. The van der Waals surface area contributed by atoms with Crippen molar-refractivity contribution in [1.82, 2.24) is 15.5 Å². The van der Waals surface area contributed by atoms with Crippen molar-refractivity contribution in [2.75, 3.05) is 39.8 Å². The summed E-state index contributed by atoms with van der Waals surface area (Å²) in [7, 11) is 1.77. The van der Waals surface area contributed by atoms with Crippen LogP contribution in [0.4, 0.5) is 0 Å². The lowest BCUT2D eigenvalue weighted by molar-refractivity contribution is -0.216. The van der Waals surface area contributed by atoms with Gasteiger partial charge in [-0.1, -0.05) is 92.9 Å². The smallest absolute Gasteiger partial charge is 0.234 e. The fourth-order valence-electron chi connectivity index (χ4n) is 4.25. The largest absolute Gasteiger partial charge is 0.390 e. The Kier molecular flexibility index (Phi) is 44.4. The van der Waals surface area contributed by atoms with Crippen LogP contribution in [0.15, 0.2) is 0 Å². The molecule has 0 aromatic carbocycles. The van der Waals surface area contributed by atoms with Crippen LogP contribution >= 0.6 is 0 Å². The SMILES string of the molecule is CC.CC.CCCCCCC(NC)C(N)=O.CCCCCCCC=O.C[C@@H]1OC(OCCNC(=O)CN(CC=O)CC(N)=O)CCC1O. The van der Waals surface area contributed by atoms with E-state index in [2.05, 4.69) is 24.5 Å². The predicted octanol–water partition coefficient (Wildman–Crippen LogP) is 3.62. The first kappa shape index (κ1) is 52.4. The van der Waals surface area contributed by atoms with E-state index in [1.54, 1.807) is 14.0 Å². The molecule has 1 fully saturated rings. The fraction of sp³-hybridized carbons (Fsp3) is 0.857. The van der Waals surface area contributed by atoms with Crippen molar-refractivity contribution in [3.05, 3.63) is 0 Å². The highest BCUT2D eigenvalue weighted by atomic mass is 16.7. The molecular weight excluding hydrogens is 618 g/mol. The molecule has 4 atom stereocenters. The lowest BCUT2D eigenvalue weighted by Crippen LogP contribution is -2.43. The molecule has 0 aromatic rings. The highest BCUT2D eigenvalue weighted by Crippen LogP contribution is 2.19. The molecule has 1 aliphatic rings. The monoisotopic (exact) mass is 692 g/mol. The van der Waals surface area contributed by atoms with Crippen LogP contribution in [0.25, 0.3) is 0 Å². The summed E-state index contributed by atoms with van der Waals surface area (Å²) in [4.78, 5) is 55.0. The minimum absolute atomic E-state index is 0.0387. The molecule has 0 bridgehead atoms. The number of rotatable bonds is 23. The summed E-state index contributed by atoms with van der Waals surface area (Å²) in [5.74, 6) is -1.17. The van der Waals surface area contributed by atoms with Gasteiger partial charge in [-0.25, -0.2) is 0 Å². The first-order valence-corrected chi connectivity index (χ1v) is 18.1. The van der Waals surface area contributed by atoms with Gasteiger partial charge in [0.05, 0.1) is 44.5 Å². The zero-order valence-electron chi connectivity index (χ0n) is 31.6. The number of nitrogens with one attached hydrogen (secondary N) is 2. The van der Waals surface area contributed by atoms with E-state index in [1.165, 1.54) is 49.8 Å². The average molecular weight is 692 g/mol. The molecule has 1 heterocycles. The van der Waals surface area contributed by atoms with Gasteiger partial charge in [0, 0.05) is 19.4 Å². The van der Waals surface area contributed by atoms with Crippen LogP contribution in [-0.2, 0) is 33.4 Å². The lowest BCUT2D eigenvalue weighted by atomic mass is 10.1. The number of primary amides is 2. The number of unbranched alkanes of at least 4 members (excludes halogenated alkanes) is 8. The van der Waals surface area contributed by atoms with E-state index >= 15 is 0 Å². The standard InChI is InChI=1S/C14H25N3O6.C9H20N2O.C8H16O.2C2H6/c1-10-11(19)2-3-14(23-10)22-7-4-16-13(21)9-17(5-6-18)8-12(15)20;1-3-4-5-6-7-8(11-2)9(10)12;1-2-3-4-5-6-7-8-9;2*1-2/h6,10-11,14,19H,2-5,7-9H2,1H3,(H2,15,20)(H,16,21);8,11H,3-7H2,1-2H3,(H2,10,12);8H,2-7H2,1H3;2*1-2H3/t10-,11?,14?;;;;/m0..../s1. The van der Waals surface area contributed by atoms with E-state index < -0.39 is 12.0 Å². The normalized spacial score (nSPS) is 16.9. The Morgan fingerprint density at radius 2 is 1.50 bits per heavy atom. The van der Waals surface area contributed by atoms with Crippen LogP contribution in [0.1, 0.15) is 132 Å². The number of nitrogens with two attached hydrogens (primary N) is 2. The third-order valence-corrected chi connectivity index (χ3v) is 6.88. The van der Waals surface area contributed by atoms with Gasteiger partial charge in [0.1, 0.15) is 12.6 Å². The van der Waals surface area contributed by atoms with Crippen molar-refractivity contribution < 1.29 is 38.6 Å². The van der Waals surface area contributed by atoms with Crippen LogP contribution in [0.3, 0.4) is 0 Å². The van der Waals surface area contributed by atoms with Crippen molar-refractivity contribution in [3.63, 3.8) is 0 Å². The molecule has 1 rings (SSSR count). The van der Waals surface area contributed by atoms with Crippen LogP contribution in [0, 0.1) is 0 Å². The number of aldehydes is 2. The molecule has 1 saturated heterocycles. The van der Waals surface area contributed by atoms with E-state index in [0.29, 0.717) is 19.1 Å². The molecule has 0 aliphatic carbocycles. The number of carbonyl (C=O) groups is 5. The van der Waals surface area contributed by atoms with Gasteiger partial charge in [-0.3, -0.25) is 19.3 Å². The molecule has 286 valence electrons. The first-order chi connectivity index (χ1) is 23.1. The van der Waals surface area contributed by atoms with Gasteiger partial charge in [-0.15, -0.1) is 0 Å². The number of ether oxygens (including phenoxy) is 2. The summed E-state index contributed by atoms with van der Waals surface area (Å²) in [6.07, 6.45) is 14.3. The van der Waals surface area contributed by atoms with Gasteiger partial charge >= 0.3 is 0 Å². The van der Waals surface area contributed by atoms with Crippen LogP contribution in [-0.4, -0.2) is 105 Å². The predicted molar refractivity (Wildman–Crippen MR) is 193 cm³/mol. The molecule has 3 amide bonds. The number of carbonyl (C=O) groups excluding carboxylic acids is 5. The third-order valence-electron chi connectivity index (χ3n) is 6.88. The summed E-state index contributed by atoms with van der Waals surface area (Å²) in [6.45, 7) is 14.4. The number of aliphatic hydroxyl groups is 1. The molecular formula is C35H73N5O8. The molecule has 3 unspecified atom stereocenters. The van der Waals surface area contributed by atoms with Crippen LogP contribution in [0.5, 0.6) is 0 Å². The Morgan fingerprint density at radius 3 is 1.98 bits per heavy atom. The van der Waals surface area contributed by atoms with Gasteiger partial charge in [0.25, 0.3) is 0 Å². The molecule has 13 nitrogen and oxygen atoms in total. The lowest BCUT2D eigenvalue weighted by Gasteiger charge is -2.31. The van der Waals surface area contributed by atoms with E-state index in [4.69, 9.17) is 20.9 Å². The Labute approximate surface area is 292 Å². The summed E-state index contributed by atoms with van der Waals surface area (Å²) < 4.78 is 10.9.